The van der Waals surface area contributed by atoms with Crippen LogP contribution in [0, 0.1) is 13.8 Å². The van der Waals surface area contributed by atoms with Crippen LogP contribution in [-0.2, 0) is 17.9 Å². The molecule has 0 bridgehead atoms. The molecule has 1 amide bonds. The molecule has 0 atom stereocenters. The fourth-order valence-corrected chi connectivity index (χ4v) is 6.15. The van der Waals surface area contributed by atoms with Crippen LogP contribution in [0.4, 0.5) is 5.69 Å². The van der Waals surface area contributed by atoms with E-state index in [2.05, 4.69) is 52.2 Å². The van der Waals surface area contributed by atoms with E-state index in [9.17, 15) is 9.59 Å². The number of halogens is 1. The minimum absolute atomic E-state index is 0.0333. The van der Waals surface area contributed by atoms with Crippen molar-refractivity contribution < 1.29 is 9.53 Å². The lowest BCUT2D eigenvalue weighted by Crippen LogP contribution is -2.42. The summed E-state index contributed by atoms with van der Waals surface area (Å²) in [6.45, 7) is 7.26. The highest BCUT2D eigenvalue weighted by Crippen LogP contribution is 2.35. The van der Waals surface area contributed by atoms with Crippen LogP contribution >= 0.6 is 11.6 Å². The number of aromatic amines is 1. The van der Waals surface area contributed by atoms with Gasteiger partial charge < -0.3 is 24.8 Å². The number of nitrogens with one attached hydrogen (secondary N) is 2. The van der Waals surface area contributed by atoms with Crippen molar-refractivity contribution in [1.82, 2.24) is 20.2 Å². The zero-order chi connectivity index (χ0) is 29.7. The predicted octanol–water partition coefficient (Wildman–Crippen LogP) is 5.48. The quantitative estimate of drug-likeness (QED) is 0.309. The van der Waals surface area contributed by atoms with Crippen LogP contribution in [0.1, 0.15) is 65.5 Å². The van der Waals surface area contributed by atoms with Crippen LogP contribution in [0.3, 0.4) is 0 Å². The van der Waals surface area contributed by atoms with E-state index in [1.807, 2.05) is 31.3 Å². The average molecular weight is 580 g/mol. The molecule has 0 spiro atoms. The van der Waals surface area contributed by atoms with E-state index in [0.29, 0.717) is 35.5 Å². The number of H-pyrrole nitrogens is 1. The molecule has 1 aliphatic carbocycles. The molecule has 220 valence electrons. The van der Waals surface area contributed by atoms with Gasteiger partial charge in [0, 0.05) is 67.1 Å². The number of aryl methyl sites for hydroxylation is 1. The highest BCUT2D eigenvalue weighted by atomic mass is 35.5. The number of hydrogen-bond donors (Lipinski definition) is 2. The topological polar surface area (TPSA) is 90.6 Å². The molecule has 1 saturated carbocycles. The Hall–Kier alpha value is -3.20. The first-order chi connectivity index (χ1) is 19.6. The van der Waals surface area contributed by atoms with Gasteiger partial charge in [-0.15, -0.1) is 0 Å². The number of hydrogen-bond acceptors (Lipinski definition) is 6. The maximum atomic E-state index is 13.7. The highest BCUT2D eigenvalue weighted by Gasteiger charge is 2.28. The van der Waals surface area contributed by atoms with E-state index in [1.165, 1.54) is 6.07 Å². The lowest BCUT2D eigenvalue weighted by Gasteiger charge is -2.40. The van der Waals surface area contributed by atoms with Gasteiger partial charge in [0.05, 0.1) is 17.9 Å². The first-order valence-corrected chi connectivity index (χ1v) is 14.7. The van der Waals surface area contributed by atoms with Gasteiger partial charge in [-0.1, -0.05) is 17.7 Å². The summed E-state index contributed by atoms with van der Waals surface area (Å²) in [5.41, 5.74) is 6.02. The van der Waals surface area contributed by atoms with Gasteiger partial charge in [0.1, 0.15) is 5.15 Å². The van der Waals surface area contributed by atoms with Crippen molar-refractivity contribution in [2.45, 2.75) is 71.7 Å². The van der Waals surface area contributed by atoms with Crippen molar-refractivity contribution in [3.63, 3.8) is 0 Å². The molecule has 0 unspecified atom stereocenters. The number of ether oxygens (including phenoxy) is 1. The van der Waals surface area contributed by atoms with E-state index < -0.39 is 0 Å². The van der Waals surface area contributed by atoms with E-state index in [0.717, 1.165) is 60.3 Å². The van der Waals surface area contributed by atoms with Crippen molar-refractivity contribution in [2.24, 2.45) is 0 Å². The molecular formula is C32H42ClN5O3. The SMILES string of the molecule is CCN(c1cc(-c2ccc(COC)nc2)cc(C(=O)NCc2c(Cl)[nH]c(C)cc2=O)c1C)[C@H]1CC[C@H](N(C)C)CC1. The molecule has 2 aromatic heterocycles. The van der Waals surface area contributed by atoms with Crippen molar-refractivity contribution in [1.29, 1.82) is 0 Å². The first-order valence-electron chi connectivity index (χ1n) is 14.3. The molecule has 0 aliphatic heterocycles. The largest absolute Gasteiger partial charge is 0.378 e. The number of nitrogens with zero attached hydrogens (tertiary/aromatic N) is 3. The van der Waals surface area contributed by atoms with Gasteiger partial charge in [-0.25, -0.2) is 0 Å². The Morgan fingerprint density at radius 1 is 1.10 bits per heavy atom. The van der Waals surface area contributed by atoms with Crippen LogP contribution in [0.25, 0.3) is 11.1 Å². The monoisotopic (exact) mass is 579 g/mol. The van der Waals surface area contributed by atoms with Gasteiger partial charge >= 0.3 is 0 Å². The number of carbonyl (C=O) groups excluding carboxylic acids is 1. The molecule has 1 aliphatic rings. The summed E-state index contributed by atoms with van der Waals surface area (Å²) < 4.78 is 5.22. The molecule has 4 rings (SSSR count). The Morgan fingerprint density at radius 3 is 2.39 bits per heavy atom. The minimum Gasteiger partial charge on any atom is -0.378 e. The number of rotatable bonds is 10. The Bertz CT molecular complexity index is 1410. The highest BCUT2D eigenvalue weighted by molar-refractivity contribution is 6.30. The Kier molecular flexibility index (Phi) is 10.2. The smallest absolute Gasteiger partial charge is 0.251 e. The number of pyridine rings is 2. The standard InChI is InChI=1S/C32H42ClN5O3/c1-7-38(26-12-10-25(11-13-26)37(4)5)29-16-23(22-8-9-24(19-41-6)34-17-22)15-27(21(29)3)32(40)35-18-28-30(39)14-20(2)36-31(28)33/h8-9,14-17,25-26H,7,10-13,18-19H2,1-6H3,(H,35,40)(H,36,39)/t25-,26-. The van der Waals surface area contributed by atoms with Crippen molar-refractivity contribution in [3.8, 4) is 11.1 Å². The second-order valence-corrected chi connectivity index (χ2v) is 11.5. The molecule has 3 aromatic rings. The Balaban J connectivity index is 1.70. The maximum absolute atomic E-state index is 13.7. The summed E-state index contributed by atoms with van der Waals surface area (Å²) in [6, 6.07) is 10.6. The van der Waals surface area contributed by atoms with Gasteiger partial charge in [-0.3, -0.25) is 14.6 Å². The minimum atomic E-state index is -0.252. The molecule has 2 N–H and O–H groups in total. The van der Waals surface area contributed by atoms with Crippen LogP contribution in [0.2, 0.25) is 5.15 Å². The molecule has 1 fully saturated rings. The lowest BCUT2D eigenvalue weighted by molar-refractivity contribution is 0.0950. The number of carbonyl (C=O) groups is 1. The summed E-state index contributed by atoms with van der Waals surface area (Å²) in [5.74, 6) is -0.252. The summed E-state index contributed by atoms with van der Waals surface area (Å²) >= 11 is 6.30. The second kappa shape index (κ2) is 13.6. The third-order valence-electron chi connectivity index (χ3n) is 8.21. The van der Waals surface area contributed by atoms with Gasteiger partial charge in [0.2, 0.25) is 0 Å². The third kappa shape index (κ3) is 7.18. The Labute approximate surface area is 248 Å². The molecule has 1 aromatic carbocycles. The number of benzene rings is 1. The predicted molar refractivity (Wildman–Crippen MR) is 166 cm³/mol. The summed E-state index contributed by atoms with van der Waals surface area (Å²) in [7, 11) is 5.96. The number of anilines is 1. The zero-order valence-corrected chi connectivity index (χ0v) is 25.8. The van der Waals surface area contributed by atoms with E-state index >= 15 is 0 Å². The molecule has 0 radical (unpaired) electrons. The van der Waals surface area contributed by atoms with Crippen LogP contribution in [-0.4, -0.2) is 60.6 Å². The number of aromatic nitrogens is 2. The molecular weight excluding hydrogens is 538 g/mol. The second-order valence-electron chi connectivity index (χ2n) is 11.1. The Morgan fingerprint density at radius 2 is 1.80 bits per heavy atom. The van der Waals surface area contributed by atoms with E-state index in [1.54, 1.807) is 14.0 Å². The van der Waals surface area contributed by atoms with Crippen molar-refractivity contribution >= 4 is 23.2 Å². The van der Waals surface area contributed by atoms with Gasteiger partial charge in [0.25, 0.3) is 5.91 Å². The maximum Gasteiger partial charge on any atom is 0.251 e. The van der Waals surface area contributed by atoms with Crippen LogP contribution < -0.4 is 15.6 Å². The molecule has 9 heteroatoms. The van der Waals surface area contributed by atoms with Crippen LogP contribution in [0.15, 0.2) is 41.3 Å². The van der Waals surface area contributed by atoms with Crippen LogP contribution in [0.5, 0.6) is 0 Å². The van der Waals surface area contributed by atoms with E-state index in [4.69, 9.17) is 16.3 Å². The molecule has 0 saturated heterocycles. The summed E-state index contributed by atoms with van der Waals surface area (Å²) in [4.78, 5) is 38.5. The summed E-state index contributed by atoms with van der Waals surface area (Å²) in [6.07, 6.45) is 6.33. The first kappa shape index (κ1) is 30.8. The number of methoxy groups -OCH3 is 1. The number of amides is 1. The molecule has 41 heavy (non-hydrogen) atoms. The lowest BCUT2D eigenvalue weighted by atomic mass is 9.88. The van der Waals surface area contributed by atoms with E-state index in [-0.39, 0.29) is 23.0 Å². The van der Waals surface area contributed by atoms with Crippen molar-refractivity contribution in [3.05, 3.63) is 80.0 Å². The van der Waals surface area contributed by atoms with Crippen molar-refractivity contribution in [2.75, 3.05) is 32.6 Å². The third-order valence-corrected chi connectivity index (χ3v) is 8.53. The average Bonchev–Trinajstić information content (AvgIpc) is 2.94. The summed E-state index contributed by atoms with van der Waals surface area (Å²) in [5, 5.41) is 3.19. The van der Waals surface area contributed by atoms with Gasteiger partial charge in [0.15, 0.2) is 5.43 Å². The molecule has 2 heterocycles. The normalized spacial score (nSPS) is 17.1. The van der Waals surface area contributed by atoms with Gasteiger partial charge in [-0.2, -0.15) is 0 Å². The molecule has 8 nitrogen and oxygen atoms in total. The zero-order valence-electron chi connectivity index (χ0n) is 25.0. The van der Waals surface area contributed by atoms with Gasteiger partial charge in [-0.05, 0) is 89.9 Å². The fourth-order valence-electron chi connectivity index (χ4n) is 5.84. The fraction of sp³-hybridized carbons (Fsp3) is 0.469.